The number of nitriles is 1. The molecule has 0 aliphatic rings. The maximum Gasteiger partial charge on any atom is 0.268 e. The van der Waals surface area contributed by atoms with E-state index in [1.807, 2.05) is 30.3 Å². The van der Waals surface area contributed by atoms with Crippen LogP contribution in [0.5, 0.6) is 5.75 Å². The summed E-state index contributed by atoms with van der Waals surface area (Å²) >= 11 is 1.23. The molecule has 0 spiro atoms. The Hall–Kier alpha value is -3.50. The van der Waals surface area contributed by atoms with Gasteiger partial charge in [0.25, 0.3) is 5.91 Å². The van der Waals surface area contributed by atoms with Crippen LogP contribution in [0.15, 0.2) is 59.5 Å². The van der Waals surface area contributed by atoms with E-state index in [9.17, 15) is 19.6 Å². The van der Waals surface area contributed by atoms with Crippen molar-refractivity contribution in [3.63, 3.8) is 0 Å². The number of benzene rings is 2. The quantitative estimate of drug-likeness (QED) is 0.536. The van der Waals surface area contributed by atoms with Gasteiger partial charge < -0.3 is 5.11 Å². The Morgan fingerprint density at radius 3 is 2.73 bits per heavy atom. The monoisotopic (exact) mass is 365 g/mol. The number of phenolic OH excluding ortho intramolecular Hbond substituents is 1. The number of nitrogens with one attached hydrogen (secondary N) is 1. The van der Waals surface area contributed by atoms with Crippen LogP contribution in [-0.4, -0.2) is 16.0 Å². The fourth-order valence-electron chi connectivity index (χ4n) is 2.17. The lowest BCUT2D eigenvalue weighted by Gasteiger charge is -2.02. The number of aromatic nitrogens is 1. The zero-order chi connectivity index (χ0) is 18.5. The molecule has 0 bridgehead atoms. The van der Waals surface area contributed by atoms with E-state index in [0.29, 0.717) is 10.8 Å². The number of amides is 1. The van der Waals surface area contributed by atoms with Gasteiger partial charge in [-0.25, -0.2) is 9.37 Å². The second kappa shape index (κ2) is 7.59. The van der Waals surface area contributed by atoms with Crippen LogP contribution in [0.2, 0.25) is 0 Å². The topological polar surface area (TPSA) is 86.0 Å². The molecule has 1 aromatic heterocycles. The summed E-state index contributed by atoms with van der Waals surface area (Å²) in [5, 5.41) is 23.1. The molecular formula is C19H12FN3O2S. The second-order valence-electron chi connectivity index (χ2n) is 5.23. The van der Waals surface area contributed by atoms with Crippen molar-refractivity contribution in [3.8, 4) is 23.1 Å². The van der Waals surface area contributed by atoms with E-state index in [1.165, 1.54) is 23.5 Å². The third-order valence-electron chi connectivity index (χ3n) is 3.44. The van der Waals surface area contributed by atoms with Crippen molar-refractivity contribution in [2.24, 2.45) is 0 Å². The third kappa shape index (κ3) is 3.94. The molecule has 0 unspecified atom stereocenters. The lowest BCUT2D eigenvalue weighted by molar-refractivity contribution is -0.112. The highest BCUT2D eigenvalue weighted by Gasteiger charge is 2.13. The molecule has 26 heavy (non-hydrogen) atoms. The summed E-state index contributed by atoms with van der Waals surface area (Å²) in [7, 11) is 0. The summed E-state index contributed by atoms with van der Waals surface area (Å²) in [6, 6.07) is 14.7. The predicted molar refractivity (Wildman–Crippen MR) is 97.8 cm³/mol. The van der Waals surface area contributed by atoms with Gasteiger partial charge in [0, 0.05) is 22.6 Å². The Morgan fingerprint density at radius 2 is 2.04 bits per heavy atom. The number of rotatable bonds is 4. The highest BCUT2D eigenvalue weighted by atomic mass is 32.1. The first kappa shape index (κ1) is 17.3. The molecule has 7 heteroatoms. The number of hydrogen-bond donors (Lipinski definition) is 2. The normalized spacial score (nSPS) is 11.0. The number of thiazole rings is 1. The van der Waals surface area contributed by atoms with Crippen LogP contribution in [0, 0.1) is 17.1 Å². The van der Waals surface area contributed by atoms with E-state index in [-0.39, 0.29) is 16.9 Å². The van der Waals surface area contributed by atoms with E-state index in [0.717, 1.165) is 17.7 Å². The first-order valence-corrected chi connectivity index (χ1v) is 8.37. The molecule has 3 aromatic rings. The Kier molecular flexibility index (Phi) is 5.06. The molecule has 0 saturated carbocycles. The van der Waals surface area contributed by atoms with Crippen molar-refractivity contribution in [2.45, 2.75) is 0 Å². The first-order chi connectivity index (χ1) is 12.6. The number of nitrogens with zero attached hydrogens (tertiary/aromatic N) is 2. The predicted octanol–water partition coefficient (Wildman–Crippen LogP) is 4.20. The molecule has 1 amide bonds. The van der Waals surface area contributed by atoms with Gasteiger partial charge >= 0.3 is 0 Å². The molecule has 0 radical (unpaired) electrons. The highest BCUT2D eigenvalue weighted by molar-refractivity contribution is 7.14. The van der Waals surface area contributed by atoms with Gasteiger partial charge in [-0.1, -0.05) is 30.3 Å². The molecule has 0 aliphatic carbocycles. The zero-order valence-corrected chi connectivity index (χ0v) is 14.1. The number of phenols is 1. The van der Waals surface area contributed by atoms with Crippen LogP contribution in [0.3, 0.4) is 0 Å². The fourth-order valence-corrected chi connectivity index (χ4v) is 2.89. The lowest BCUT2D eigenvalue weighted by atomic mass is 10.1. The van der Waals surface area contributed by atoms with Crippen molar-refractivity contribution in [3.05, 3.63) is 70.9 Å². The zero-order valence-electron chi connectivity index (χ0n) is 13.3. The Bertz CT molecular complexity index is 1020. The average Bonchev–Trinajstić information content (AvgIpc) is 3.10. The average molecular weight is 365 g/mol. The Balaban J connectivity index is 1.79. The summed E-state index contributed by atoms with van der Waals surface area (Å²) in [5.41, 5.74) is 1.37. The maximum absolute atomic E-state index is 13.8. The summed E-state index contributed by atoms with van der Waals surface area (Å²) in [4.78, 5) is 16.6. The van der Waals surface area contributed by atoms with E-state index in [4.69, 9.17) is 0 Å². The Morgan fingerprint density at radius 1 is 1.27 bits per heavy atom. The molecule has 3 rings (SSSR count). The van der Waals surface area contributed by atoms with Crippen LogP contribution in [-0.2, 0) is 4.79 Å². The maximum atomic E-state index is 13.8. The minimum atomic E-state index is -0.730. The van der Waals surface area contributed by atoms with Crippen molar-refractivity contribution < 1.29 is 14.3 Å². The summed E-state index contributed by atoms with van der Waals surface area (Å²) in [6.45, 7) is 0. The van der Waals surface area contributed by atoms with E-state index in [2.05, 4.69) is 10.3 Å². The second-order valence-corrected chi connectivity index (χ2v) is 6.09. The SMILES string of the molecule is N#C/C(=C\c1ccc(O)cc1F)C(=O)Nc1nc(-c2ccccc2)cs1. The molecule has 2 N–H and O–H groups in total. The van der Waals surface area contributed by atoms with Crippen molar-refractivity contribution in [1.82, 2.24) is 4.98 Å². The van der Waals surface area contributed by atoms with E-state index >= 15 is 0 Å². The number of anilines is 1. The molecule has 128 valence electrons. The van der Waals surface area contributed by atoms with E-state index < -0.39 is 11.7 Å². The molecule has 0 aliphatic heterocycles. The van der Waals surface area contributed by atoms with Crippen molar-refractivity contribution >= 4 is 28.5 Å². The molecule has 0 saturated heterocycles. The minimum absolute atomic E-state index is 0.0265. The van der Waals surface area contributed by atoms with Gasteiger partial charge in [0.15, 0.2) is 5.13 Å². The minimum Gasteiger partial charge on any atom is -0.508 e. The van der Waals surface area contributed by atoms with Gasteiger partial charge in [0.2, 0.25) is 0 Å². The number of halogens is 1. The third-order valence-corrected chi connectivity index (χ3v) is 4.20. The fraction of sp³-hybridized carbons (Fsp3) is 0. The summed E-state index contributed by atoms with van der Waals surface area (Å²) in [6.07, 6.45) is 1.12. The van der Waals surface area contributed by atoms with Crippen molar-refractivity contribution in [1.29, 1.82) is 5.26 Å². The molecule has 1 heterocycles. The van der Waals surface area contributed by atoms with Gasteiger partial charge in [0.1, 0.15) is 23.2 Å². The number of carbonyl (C=O) groups is 1. The van der Waals surface area contributed by atoms with Crippen LogP contribution >= 0.6 is 11.3 Å². The summed E-state index contributed by atoms with van der Waals surface area (Å²) in [5.74, 6) is -1.65. The van der Waals surface area contributed by atoms with Gasteiger partial charge in [-0.05, 0) is 18.2 Å². The molecule has 2 aromatic carbocycles. The van der Waals surface area contributed by atoms with Crippen molar-refractivity contribution in [2.75, 3.05) is 5.32 Å². The first-order valence-electron chi connectivity index (χ1n) is 7.49. The smallest absolute Gasteiger partial charge is 0.268 e. The van der Waals surface area contributed by atoms with E-state index in [1.54, 1.807) is 11.4 Å². The van der Waals surface area contributed by atoms with Gasteiger partial charge in [-0.2, -0.15) is 5.26 Å². The standard InChI is InChI=1S/C19H12FN3O2S/c20-16-9-15(24)7-6-13(16)8-14(10-21)18(25)23-19-22-17(11-26-19)12-4-2-1-3-5-12/h1-9,11,24H,(H,22,23,25)/b14-8+. The number of hydrogen-bond acceptors (Lipinski definition) is 5. The van der Waals surface area contributed by atoms with Gasteiger partial charge in [0.05, 0.1) is 5.69 Å². The van der Waals surface area contributed by atoms with Crippen LogP contribution in [0.4, 0.5) is 9.52 Å². The lowest BCUT2D eigenvalue weighted by Crippen LogP contribution is -2.13. The molecule has 0 fully saturated rings. The molecule has 0 atom stereocenters. The molecular weight excluding hydrogens is 353 g/mol. The Labute approximate surface area is 152 Å². The van der Waals surface area contributed by atoms with Crippen LogP contribution in [0.1, 0.15) is 5.56 Å². The van der Waals surface area contributed by atoms with Gasteiger partial charge in [-0.3, -0.25) is 10.1 Å². The largest absolute Gasteiger partial charge is 0.508 e. The highest BCUT2D eigenvalue weighted by Crippen LogP contribution is 2.25. The number of aromatic hydroxyl groups is 1. The number of carbonyl (C=O) groups excluding carboxylic acids is 1. The summed E-state index contributed by atoms with van der Waals surface area (Å²) < 4.78 is 13.8. The van der Waals surface area contributed by atoms with Gasteiger partial charge in [-0.15, -0.1) is 11.3 Å². The van der Waals surface area contributed by atoms with Crippen LogP contribution < -0.4 is 5.32 Å². The molecule has 5 nitrogen and oxygen atoms in total. The van der Waals surface area contributed by atoms with Crippen LogP contribution in [0.25, 0.3) is 17.3 Å².